The minimum absolute atomic E-state index is 0.00758. The van der Waals surface area contributed by atoms with Gasteiger partial charge in [0, 0.05) is 23.1 Å². The van der Waals surface area contributed by atoms with E-state index in [9.17, 15) is 19.2 Å². The lowest BCUT2D eigenvalue weighted by atomic mass is 9.68. The van der Waals surface area contributed by atoms with Crippen molar-refractivity contribution in [3.05, 3.63) is 35.9 Å². The van der Waals surface area contributed by atoms with Gasteiger partial charge in [-0.1, -0.05) is 32.4 Å². The summed E-state index contributed by atoms with van der Waals surface area (Å²) in [5, 5.41) is 5.03. The highest BCUT2D eigenvalue weighted by Crippen LogP contribution is 2.59. The summed E-state index contributed by atoms with van der Waals surface area (Å²) in [6, 6.07) is 6.90. The van der Waals surface area contributed by atoms with Crippen LogP contribution in [0.25, 0.3) is 0 Å². The highest BCUT2D eigenvalue weighted by atomic mass is 32.2. The minimum atomic E-state index is -0.813. The molecule has 0 unspecified atom stereocenters. The number of ether oxygens (including phenoxy) is 5. The fourth-order valence-electron chi connectivity index (χ4n) is 5.82. The Balaban J connectivity index is 1.21. The predicted molar refractivity (Wildman–Crippen MR) is 169 cm³/mol. The van der Waals surface area contributed by atoms with Crippen LogP contribution in [0.2, 0.25) is 0 Å². The zero-order valence-electron chi connectivity index (χ0n) is 27.2. The summed E-state index contributed by atoms with van der Waals surface area (Å²) in [6.45, 7) is 11.8. The zero-order valence-corrected chi connectivity index (χ0v) is 28.0. The van der Waals surface area contributed by atoms with E-state index in [0.29, 0.717) is 25.1 Å². The van der Waals surface area contributed by atoms with E-state index in [4.69, 9.17) is 23.7 Å². The fourth-order valence-corrected chi connectivity index (χ4v) is 6.52. The molecule has 12 heteroatoms. The monoisotopic (exact) mass is 646 g/mol. The van der Waals surface area contributed by atoms with Gasteiger partial charge in [0.05, 0.1) is 24.4 Å². The molecule has 1 aromatic carbocycles. The number of epoxide rings is 2. The SMILES string of the molecule is CO[C@@H]1[C@H](OC(=O)NC(=O)CSc2ccc(NC(=O)COCC(=O)C(C)(C)C)cc2)CC[C@]2(CO2)[C@H]1[C@]1(C)O[C@@H]1CC=C(C)C. The minimum Gasteiger partial charge on any atom is -0.443 e. The van der Waals surface area contributed by atoms with Gasteiger partial charge in [-0.25, -0.2) is 4.79 Å². The maximum absolute atomic E-state index is 12.7. The molecule has 4 rings (SSSR count). The van der Waals surface area contributed by atoms with Crippen LogP contribution >= 0.6 is 11.8 Å². The molecule has 1 spiro atoms. The molecule has 6 atom stereocenters. The van der Waals surface area contributed by atoms with Gasteiger partial charge in [0.1, 0.15) is 36.6 Å². The number of hydrogen-bond donors (Lipinski definition) is 2. The van der Waals surface area contributed by atoms with Gasteiger partial charge in [-0.3, -0.25) is 19.7 Å². The van der Waals surface area contributed by atoms with Gasteiger partial charge >= 0.3 is 6.09 Å². The molecule has 11 nitrogen and oxygen atoms in total. The zero-order chi connectivity index (χ0) is 33.0. The van der Waals surface area contributed by atoms with E-state index < -0.39 is 35.2 Å². The molecule has 45 heavy (non-hydrogen) atoms. The molecule has 3 fully saturated rings. The van der Waals surface area contributed by atoms with Crippen LogP contribution in [0.4, 0.5) is 10.5 Å². The third-order valence-corrected chi connectivity index (χ3v) is 9.56. The number of ketones is 1. The summed E-state index contributed by atoms with van der Waals surface area (Å²) in [6.07, 6.45) is 2.48. The predicted octanol–water partition coefficient (Wildman–Crippen LogP) is 4.68. The highest BCUT2D eigenvalue weighted by Gasteiger charge is 2.72. The second kappa shape index (κ2) is 14.3. The first-order chi connectivity index (χ1) is 21.2. The van der Waals surface area contributed by atoms with Crippen molar-refractivity contribution in [2.24, 2.45) is 11.3 Å². The Hall–Kier alpha value is -2.77. The lowest BCUT2D eigenvalue weighted by molar-refractivity contribution is -0.133. The summed E-state index contributed by atoms with van der Waals surface area (Å²) in [5.74, 6) is -1.07. The third kappa shape index (κ3) is 9.16. The Morgan fingerprint density at radius 2 is 1.78 bits per heavy atom. The maximum Gasteiger partial charge on any atom is 0.414 e. The van der Waals surface area contributed by atoms with Crippen LogP contribution in [0.15, 0.2) is 40.8 Å². The number of alkyl carbamates (subject to hydrolysis) is 1. The van der Waals surface area contributed by atoms with Crippen molar-refractivity contribution >= 4 is 41.1 Å². The summed E-state index contributed by atoms with van der Waals surface area (Å²) in [4.78, 5) is 50.1. The largest absolute Gasteiger partial charge is 0.443 e. The van der Waals surface area contributed by atoms with Crippen molar-refractivity contribution in [3.8, 4) is 0 Å². The number of nitrogens with one attached hydrogen (secondary N) is 2. The van der Waals surface area contributed by atoms with Crippen LogP contribution in [0, 0.1) is 11.3 Å². The summed E-state index contributed by atoms with van der Waals surface area (Å²) in [7, 11) is 1.60. The van der Waals surface area contributed by atoms with Crippen LogP contribution in [0.3, 0.4) is 0 Å². The lowest BCUT2D eigenvalue weighted by Crippen LogP contribution is -2.56. The van der Waals surface area contributed by atoms with Crippen molar-refractivity contribution in [1.29, 1.82) is 0 Å². The van der Waals surface area contributed by atoms with Gasteiger partial charge in [-0.2, -0.15) is 0 Å². The average Bonchev–Trinajstić information content (AvgIpc) is 3.88. The molecule has 2 saturated heterocycles. The number of amides is 3. The van der Waals surface area contributed by atoms with Gasteiger partial charge < -0.3 is 29.0 Å². The number of methoxy groups -OCH3 is 1. The number of anilines is 1. The number of thioether (sulfide) groups is 1. The number of imide groups is 1. The van der Waals surface area contributed by atoms with Crippen LogP contribution < -0.4 is 10.6 Å². The Bertz CT molecular complexity index is 1280. The Morgan fingerprint density at radius 3 is 2.38 bits per heavy atom. The molecule has 2 N–H and O–H groups in total. The Morgan fingerprint density at radius 1 is 1.09 bits per heavy atom. The van der Waals surface area contributed by atoms with E-state index in [1.54, 1.807) is 52.1 Å². The molecule has 2 aliphatic heterocycles. The van der Waals surface area contributed by atoms with Gasteiger partial charge in [-0.15, -0.1) is 11.8 Å². The van der Waals surface area contributed by atoms with Crippen molar-refractivity contribution in [2.45, 2.75) is 95.2 Å². The molecular formula is C33H46N2O9S. The van der Waals surface area contributed by atoms with Crippen molar-refractivity contribution < 1.29 is 42.9 Å². The quantitative estimate of drug-likeness (QED) is 0.176. The van der Waals surface area contributed by atoms with Gasteiger partial charge in [0.15, 0.2) is 5.78 Å². The van der Waals surface area contributed by atoms with Crippen LogP contribution in [-0.4, -0.2) is 85.9 Å². The summed E-state index contributed by atoms with van der Waals surface area (Å²) in [5.41, 5.74) is 0.465. The fraction of sp³-hybridized carbons (Fsp3) is 0.636. The molecule has 2 heterocycles. The second-order valence-corrected chi connectivity index (χ2v) is 14.4. The molecule has 3 aliphatic rings. The molecule has 0 bridgehead atoms. The van der Waals surface area contributed by atoms with E-state index in [0.717, 1.165) is 11.3 Å². The Labute approximate surface area is 269 Å². The van der Waals surface area contributed by atoms with Gasteiger partial charge in [0.25, 0.3) is 0 Å². The first kappa shape index (κ1) is 35.1. The Kier molecular flexibility index (Phi) is 11.2. The molecular weight excluding hydrogens is 600 g/mol. The average molecular weight is 647 g/mol. The lowest BCUT2D eigenvalue weighted by Gasteiger charge is -2.42. The maximum atomic E-state index is 12.7. The summed E-state index contributed by atoms with van der Waals surface area (Å²) >= 11 is 1.24. The summed E-state index contributed by atoms with van der Waals surface area (Å²) < 4.78 is 29.0. The molecule has 1 aromatic rings. The van der Waals surface area contributed by atoms with E-state index in [1.165, 1.54) is 17.3 Å². The van der Waals surface area contributed by atoms with Crippen molar-refractivity contribution in [2.75, 3.05) is 38.0 Å². The van der Waals surface area contributed by atoms with E-state index in [1.807, 2.05) is 0 Å². The number of Topliss-reactive ketones (excluding diaryl/α,β-unsaturated/α-hetero) is 1. The third-order valence-electron chi connectivity index (χ3n) is 8.55. The number of carbonyl (C=O) groups is 4. The van der Waals surface area contributed by atoms with Crippen molar-refractivity contribution in [1.82, 2.24) is 5.32 Å². The smallest absolute Gasteiger partial charge is 0.414 e. The van der Waals surface area contributed by atoms with E-state index >= 15 is 0 Å². The van der Waals surface area contributed by atoms with Crippen molar-refractivity contribution in [3.63, 3.8) is 0 Å². The number of carbonyl (C=O) groups excluding carboxylic acids is 4. The van der Waals surface area contributed by atoms with Gasteiger partial charge in [-0.05, 0) is 64.3 Å². The molecule has 0 aromatic heterocycles. The standard InChI is InChI=1S/C33H46N2O9S/c1-20(2)8-13-25-32(6,44-25)29-28(40-7)23(14-15-33(29)19-42-33)43-30(39)35-27(38)18-45-22-11-9-21(10-12-22)34-26(37)17-41-16-24(36)31(3,4)5/h8-12,23,25,28-29H,13-19H2,1-7H3,(H,34,37)(H,35,38,39)/t23-,25-,28-,29-,32-,33+/m1/s1. The molecule has 1 aliphatic carbocycles. The van der Waals surface area contributed by atoms with Crippen LogP contribution in [0.5, 0.6) is 0 Å². The number of hydrogen-bond acceptors (Lipinski definition) is 10. The van der Waals surface area contributed by atoms with E-state index in [-0.39, 0.29) is 48.3 Å². The van der Waals surface area contributed by atoms with E-state index in [2.05, 4.69) is 37.5 Å². The van der Waals surface area contributed by atoms with Crippen LogP contribution in [0.1, 0.15) is 60.8 Å². The normalized spacial score (nSPS) is 28.6. The number of allylic oxidation sites excluding steroid dienone is 1. The topological polar surface area (TPSA) is 145 Å². The number of benzene rings is 1. The second-order valence-electron chi connectivity index (χ2n) is 13.4. The first-order valence-corrected chi connectivity index (χ1v) is 16.3. The highest BCUT2D eigenvalue weighted by molar-refractivity contribution is 8.00. The molecule has 248 valence electrons. The molecule has 3 amide bonds. The first-order valence-electron chi connectivity index (χ1n) is 15.3. The van der Waals surface area contributed by atoms with Gasteiger partial charge in [0.2, 0.25) is 11.8 Å². The van der Waals surface area contributed by atoms with Crippen LogP contribution in [-0.2, 0) is 38.1 Å². The number of rotatable bonds is 13. The molecule has 0 radical (unpaired) electrons. The molecule has 1 saturated carbocycles.